The second kappa shape index (κ2) is 6.82. The van der Waals surface area contributed by atoms with Crippen molar-refractivity contribution in [3.8, 4) is 0 Å². The fourth-order valence-corrected chi connectivity index (χ4v) is 4.16. The van der Waals surface area contributed by atoms with Crippen molar-refractivity contribution >= 4 is 40.8 Å². The Balaban J connectivity index is 1.69. The number of hydrogen-bond acceptors (Lipinski definition) is 6. The highest BCUT2D eigenvalue weighted by Crippen LogP contribution is 2.34. The van der Waals surface area contributed by atoms with Crippen molar-refractivity contribution in [2.75, 3.05) is 11.1 Å². The quantitative estimate of drug-likeness (QED) is 0.824. The molecular formula is C18H20BN3O2S. The first-order valence-corrected chi connectivity index (χ1v) is 9.54. The Bertz CT molecular complexity index is 856. The van der Waals surface area contributed by atoms with Gasteiger partial charge in [-0.05, 0) is 42.9 Å². The van der Waals surface area contributed by atoms with Crippen molar-refractivity contribution in [1.82, 2.24) is 9.97 Å². The number of allylic oxidation sites excluding steroid dienone is 1. The van der Waals surface area contributed by atoms with E-state index in [2.05, 4.69) is 18.3 Å². The predicted octanol–water partition coefficient (Wildman–Crippen LogP) is 2.79. The van der Waals surface area contributed by atoms with Crippen molar-refractivity contribution in [2.24, 2.45) is 0 Å². The molecule has 1 aromatic carbocycles. The number of aryl methyl sites for hydroxylation is 1. The molecule has 0 bridgehead atoms. The molecule has 2 aromatic rings. The van der Waals surface area contributed by atoms with Gasteiger partial charge in [0, 0.05) is 27.6 Å². The van der Waals surface area contributed by atoms with Crippen molar-refractivity contribution in [3.63, 3.8) is 0 Å². The Morgan fingerprint density at radius 3 is 3.00 bits per heavy atom. The minimum atomic E-state index is -0.811. The minimum Gasteiger partial charge on any atom is -0.423 e. The summed E-state index contributed by atoms with van der Waals surface area (Å²) < 4.78 is 5.27. The van der Waals surface area contributed by atoms with Gasteiger partial charge in [-0.2, -0.15) is 0 Å². The van der Waals surface area contributed by atoms with Crippen LogP contribution in [0.25, 0.3) is 4.91 Å². The van der Waals surface area contributed by atoms with E-state index in [0.717, 1.165) is 58.2 Å². The summed E-state index contributed by atoms with van der Waals surface area (Å²) in [6, 6.07) is 5.88. The maximum atomic E-state index is 9.77. The molecule has 0 fully saturated rings. The second-order valence-electron chi connectivity index (χ2n) is 6.22. The first kappa shape index (κ1) is 16.6. The van der Waals surface area contributed by atoms with Gasteiger partial charge in [-0.15, -0.1) is 11.8 Å². The molecule has 0 aliphatic carbocycles. The third-order valence-electron chi connectivity index (χ3n) is 4.56. The van der Waals surface area contributed by atoms with Crippen LogP contribution in [0.2, 0.25) is 0 Å². The number of aromatic nitrogens is 2. The van der Waals surface area contributed by atoms with Crippen molar-refractivity contribution < 1.29 is 9.68 Å². The molecule has 5 nitrogen and oxygen atoms in total. The molecule has 2 aliphatic rings. The molecule has 2 N–H and O–H groups in total. The molecule has 0 unspecified atom stereocenters. The summed E-state index contributed by atoms with van der Waals surface area (Å²) in [5, 5.41) is 13.2. The molecule has 0 atom stereocenters. The Morgan fingerprint density at radius 1 is 1.36 bits per heavy atom. The summed E-state index contributed by atoms with van der Waals surface area (Å²) in [5.41, 5.74) is 4.94. The summed E-state index contributed by atoms with van der Waals surface area (Å²) >= 11 is 1.81. The first-order valence-electron chi connectivity index (χ1n) is 8.56. The van der Waals surface area contributed by atoms with Gasteiger partial charge >= 0.3 is 7.12 Å². The van der Waals surface area contributed by atoms with E-state index in [1.54, 1.807) is 0 Å². The lowest BCUT2D eigenvalue weighted by atomic mass is 9.79. The SMILES string of the molecule is CCc1c(C)nc(C2=CCCS2)nc1Nc1ccc2c(c1)COB2O. The molecule has 0 saturated carbocycles. The average Bonchev–Trinajstić information content (AvgIpc) is 3.25. The number of fused-ring (bicyclic) bond motifs is 1. The Kier molecular flexibility index (Phi) is 4.54. The van der Waals surface area contributed by atoms with Crippen molar-refractivity contribution in [3.05, 3.63) is 46.9 Å². The highest BCUT2D eigenvalue weighted by atomic mass is 32.2. The Hall–Kier alpha value is -1.83. The fraction of sp³-hybridized carbons (Fsp3) is 0.333. The number of rotatable bonds is 4. The van der Waals surface area contributed by atoms with Gasteiger partial charge in [0.15, 0.2) is 5.82 Å². The van der Waals surface area contributed by atoms with Gasteiger partial charge in [-0.1, -0.05) is 19.1 Å². The van der Waals surface area contributed by atoms with Crippen LogP contribution < -0.4 is 10.8 Å². The molecule has 4 rings (SSSR count). The molecule has 0 amide bonds. The van der Waals surface area contributed by atoms with E-state index >= 15 is 0 Å². The molecule has 7 heteroatoms. The number of thioether (sulfide) groups is 1. The fourth-order valence-electron chi connectivity index (χ4n) is 3.25. The lowest BCUT2D eigenvalue weighted by Gasteiger charge is -2.15. The number of anilines is 2. The Morgan fingerprint density at radius 2 is 2.24 bits per heavy atom. The van der Waals surface area contributed by atoms with E-state index in [0.29, 0.717) is 6.61 Å². The first-order chi connectivity index (χ1) is 12.2. The van der Waals surface area contributed by atoms with Crippen molar-refractivity contribution in [2.45, 2.75) is 33.3 Å². The molecular weight excluding hydrogens is 333 g/mol. The zero-order chi connectivity index (χ0) is 17.4. The average molecular weight is 353 g/mol. The van der Waals surface area contributed by atoms with Crippen LogP contribution in [-0.2, 0) is 17.7 Å². The largest absolute Gasteiger partial charge is 0.491 e. The zero-order valence-corrected chi connectivity index (χ0v) is 15.2. The topological polar surface area (TPSA) is 67.3 Å². The minimum absolute atomic E-state index is 0.435. The van der Waals surface area contributed by atoms with Gasteiger partial charge in [0.2, 0.25) is 0 Å². The maximum absolute atomic E-state index is 9.77. The molecule has 1 aromatic heterocycles. The van der Waals surface area contributed by atoms with E-state index in [-0.39, 0.29) is 0 Å². The molecule has 2 aliphatic heterocycles. The van der Waals surface area contributed by atoms with Crippen LogP contribution in [0.4, 0.5) is 11.5 Å². The molecule has 0 radical (unpaired) electrons. The third kappa shape index (κ3) is 3.19. The van der Waals surface area contributed by atoms with Crippen LogP contribution in [0.1, 0.15) is 36.0 Å². The van der Waals surface area contributed by atoms with E-state index < -0.39 is 7.12 Å². The molecule has 3 heterocycles. The van der Waals surface area contributed by atoms with Crippen LogP contribution in [-0.4, -0.2) is 27.9 Å². The van der Waals surface area contributed by atoms with Gasteiger partial charge in [0.05, 0.1) is 6.61 Å². The maximum Gasteiger partial charge on any atom is 0.491 e. The number of hydrogen-bond donors (Lipinski definition) is 2. The summed E-state index contributed by atoms with van der Waals surface area (Å²) in [6.45, 7) is 4.60. The number of nitrogens with one attached hydrogen (secondary N) is 1. The van der Waals surface area contributed by atoms with Crippen LogP contribution >= 0.6 is 11.8 Å². The van der Waals surface area contributed by atoms with Crippen LogP contribution in [0, 0.1) is 6.92 Å². The standard InChI is InChI=1S/C18H20BN3O2S/c1-3-14-11(2)20-18(16-5-4-8-25-16)22-17(14)21-13-6-7-15-12(9-13)10-24-19(15)23/h5-7,9,23H,3-4,8,10H2,1-2H3,(H,20,21,22). The third-order valence-corrected chi connectivity index (χ3v) is 5.66. The lowest BCUT2D eigenvalue weighted by molar-refractivity contribution is 0.275. The van der Waals surface area contributed by atoms with E-state index in [9.17, 15) is 5.02 Å². The van der Waals surface area contributed by atoms with E-state index in [1.807, 2.05) is 36.9 Å². The highest BCUT2D eigenvalue weighted by Gasteiger charge is 2.27. The van der Waals surface area contributed by atoms with E-state index in [1.165, 1.54) is 4.91 Å². The normalized spacial score (nSPS) is 16.1. The molecule has 0 spiro atoms. The monoisotopic (exact) mass is 353 g/mol. The number of benzene rings is 1. The van der Waals surface area contributed by atoms with Crippen LogP contribution in [0.5, 0.6) is 0 Å². The summed E-state index contributed by atoms with van der Waals surface area (Å²) in [6.07, 6.45) is 4.16. The van der Waals surface area contributed by atoms with Crippen LogP contribution in [0.3, 0.4) is 0 Å². The molecule has 0 saturated heterocycles. The highest BCUT2D eigenvalue weighted by molar-refractivity contribution is 8.08. The van der Waals surface area contributed by atoms with Crippen LogP contribution in [0.15, 0.2) is 24.3 Å². The summed E-state index contributed by atoms with van der Waals surface area (Å²) in [4.78, 5) is 10.7. The van der Waals surface area contributed by atoms with Gasteiger partial charge in [0.25, 0.3) is 0 Å². The van der Waals surface area contributed by atoms with Gasteiger partial charge in [-0.25, -0.2) is 9.97 Å². The lowest BCUT2D eigenvalue weighted by Crippen LogP contribution is -2.27. The second-order valence-corrected chi connectivity index (χ2v) is 7.36. The van der Waals surface area contributed by atoms with E-state index in [4.69, 9.17) is 14.6 Å². The Labute approximate surface area is 152 Å². The summed E-state index contributed by atoms with van der Waals surface area (Å²) in [5.74, 6) is 2.76. The van der Waals surface area contributed by atoms with Gasteiger partial charge in [0.1, 0.15) is 5.82 Å². The molecule has 25 heavy (non-hydrogen) atoms. The van der Waals surface area contributed by atoms with Gasteiger partial charge < -0.3 is 15.0 Å². The zero-order valence-electron chi connectivity index (χ0n) is 14.4. The number of nitrogens with zero attached hydrogens (tertiary/aromatic N) is 2. The smallest absolute Gasteiger partial charge is 0.423 e. The van der Waals surface area contributed by atoms with Crippen molar-refractivity contribution in [1.29, 1.82) is 0 Å². The van der Waals surface area contributed by atoms with Gasteiger partial charge in [-0.3, -0.25) is 0 Å². The summed E-state index contributed by atoms with van der Waals surface area (Å²) in [7, 11) is -0.811. The molecule has 128 valence electrons. The predicted molar refractivity (Wildman–Crippen MR) is 103 cm³/mol.